The molecule has 0 saturated heterocycles. The molecule has 3 aromatic rings. The van der Waals surface area contributed by atoms with Gasteiger partial charge in [0.15, 0.2) is 0 Å². The number of nitrogens with one attached hydrogen (secondary N) is 1. The van der Waals surface area contributed by atoms with E-state index in [-0.39, 0.29) is 0 Å². The van der Waals surface area contributed by atoms with Crippen LogP contribution in [0.3, 0.4) is 0 Å². The lowest BCUT2D eigenvalue weighted by Gasteiger charge is -2.09. The summed E-state index contributed by atoms with van der Waals surface area (Å²) in [7, 11) is 2.00. The molecule has 22 heavy (non-hydrogen) atoms. The molecule has 108 valence electrons. The van der Waals surface area contributed by atoms with Gasteiger partial charge in [-0.3, -0.25) is 0 Å². The Morgan fingerprint density at radius 1 is 1.05 bits per heavy atom. The lowest BCUT2D eigenvalue weighted by molar-refractivity contribution is 0.967. The smallest absolute Gasteiger partial charge is 0.102 e. The number of hydrogen-bond acceptors (Lipinski definition) is 2. The predicted octanol–water partition coefficient (Wildman–Crippen LogP) is 4.54. The van der Waals surface area contributed by atoms with Crippen LogP contribution in [0, 0.1) is 11.3 Å². The van der Waals surface area contributed by atoms with E-state index < -0.39 is 0 Å². The highest BCUT2D eigenvalue weighted by atomic mass is 14.9. The molecule has 0 atom stereocenters. The fourth-order valence-corrected chi connectivity index (χ4v) is 2.69. The van der Waals surface area contributed by atoms with Crippen molar-refractivity contribution in [3.05, 3.63) is 72.1 Å². The molecule has 1 N–H and O–H groups in total. The van der Waals surface area contributed by atoms with E-state index in [1.807, 2.05) is 62.6 Å². The van der Waals surface area contributed by atoms with E-state index in [2.05, 4.69) is 28.1 Å². The van der Waals surface area contributed by atoms with Crippen LogP contribution in [0.2, 0.25) is 0 Å². The van der Waals surface area contributed by atoms with E-state index in [1.54, 1.807) is 0 Å². The maximum atomic E-state index is 9.64. The topological polar surface area (TPSA) is 40.8 Å². The van der Waals surface area contributed by atoms with Crippen molar-refractivity contribution in [2.75, 3.05) is 5.32 Å². The third-order valence-corrected chi connectivity index (χ3v) is 3.76. The lowest BCUT2D eigenvalue weighted by Crippen LogP contribution is -1.99. The molecule has 3 nitrogen and oxygen atoms in total. The fraction of sp³-hybridized carbons (Fsp3) is 0.105. The summed E-state index contributed by atoms with van der Waals surface area (Å²) in [6.07, 6.45) is 2.01. The predicted molar refractivity (Wildman–Crippen MR) is 91.2 cm³/mol. The number of benzene rings is 2. The van der Waals surface area contributed by atoms with Crippen LogP contribution in [0.15, 0.2) is 66.5 Å². The van der Waals surface area contributed by atoms with Gasteiger partial charge in [0.2, 0.25) is 0 Å². The number of hydrogen-bond donors (Lipinski definition) is 1. The van der Waals surface area contributed by atoms with E-state index >= 15 is 0 Å². The van der Waals surface area contributed by atoms with Crippen molar-refractivity contribution in [2.24, 2.45) is 7.05 Å². The number of anilines is 1. The molecule has 3 rings (SSSR count). The number of rotatable bonds is 3. The molecule has 1 aromatic heterocycles. The van der Waals surface area contributed by atoms with Gasteiger partial charge in [-0.05, 0) is 25.1 Å². The third-order valence-electron chi connectivity index (χ3n) is 3.76. The molecule has 0 fully saturated rings. The van der Waals surface area contributed by atoms with Gasteiger partial charge >= 0.3 is 0 Å². The maximum absolute atomic E-state index is 9.64. The van der Waals surface area contributed by atoms with Gasteiger partial charge < -0.3 is 9.88 Å². The number of aromatic nitrogens is 1. The molecular weight excluding hydrogens is 270 g/mol. The first kappa shape index (κ1) is 14.0. The second-order valence-corrected chi connectivity index (χ2v) is 5.27. The Bertz CT molecular complexity index is 880. The van der Waals surface area contributed by atoms with Crippen LogP contribution in [-0.4, -0.2) is 4.57 Å². The quantitative estimate of drug-likeness (QED) is 0.718. The SMILES string of the molecule is C/C(Nc1ccccc1)=C(/C#N)c1cn(C)c2ccccc12. The molecule has 0 radical (unpaired) electrons. The fourth-order valence-electron chi connectivity index (χ4n) is 2.69. The molecule has 0 bridgehead atoms. The van der Waals surface area contributed by atoms with E-state index in [4.69, 9.17) is 0 Å². The average molecular weight is 287 g/mol. The van der Waals surface area contributed by atoms with Crippen molar-refractivity contribution in [1.29, 1.82) is 5.26 Å². The summed E-state index contributed by atoms with van der Waals surface area (Å²) in [5, 5.41) is 14.0. The highest BCUT2D eigenvalue weighted by Gasteiger charge is 2.13. The van der Waals surface area contributed by atoms with Gasteiger partial charge in [-0.15, -0.1) is 0 Å². The molecule has 0 saturated carbocycles. The molecular formula is C19H17N3. The van der Waals surface area contributed by atoms with Crippen molar-refractivity contribution in [1.82, 2.24) is 4.57 Å². The molecule has 0 aliphatic rings. The van der Waals surface area contributed by atoms with Crippen LogP contribution in [0.25, 0.3) is 16.5 Å². The first-order valence-corrected chi connectivity index (χ1v) is 7.18. The van der Waals surface area contributed by atoms with Crippen LogP contribution in [0.1, 0.15) is 12.5 Å². The van der Waals surface area contributed by atoms with Crippen molar-refractivity contribution in [2.45, 2.75) is 6.92 Å². The van der Waals surface area contributed by atoms with Gasteiger partial charge in [0.1, 0.15) is 6.07 Å². The molecule has 0 unspecified atom stereocenters. The summed E-state index contributed by atoms with van der Waals surface area (Å²) in [5.41, 5.74) is 4.58. The second-order valence-electron chi connectivity index (χ2n) is 5.27. The van der Waals surface area contributed by atoms with Gasteiger partial charge in [-0.2, -0.15) is 5.26 Å². The molecule has 3 heteroatoms. The Morgan fingerprint density at radius 2 is 1.73 bits per heavy atom. The molecule has 0 amide bonds. The van der Waals surface area contributed by atoms with Crippen molar-refractivity contribution >= 4 is 22.2 Å². The number of allylic oxidation sites excluding steroid dienone is 2. The van der Waals surface area contributed by atoms with Crippen molar-refractivity contribution < 1.29 is 0 Å². The highest BCUT2D eigenvalue weighted by molar-refractivity contribution is 5.97. The van der Waals surface area contributed by atoms with Crippen LogP contribution in [-0.2, 0) is 7.05 Å². The number of para-hydroxylation sites is 2. The zero-order valence-electron chi connectivity index (χ0n) is 12.7. The first-order chi connectivity index (χ1) is 10.7. The Balaban J connectivity index is 2.10. The van der Waals surface area contributed by atoms with Crippen molar-refractivity contribution in [3.8, 4) is 6.07 Å². The number of aryl methyl sites for hydroxylation is 1. The molecule has 2 aromatic carbocycles. The van der Waals surface area contributed by atoms with Gasteiger partial charge in [-0.1, -0.05) is 36.4 Å². The van der Waals surface area contributed by atoms with Gasteiger partial charge in [0.05, 0.1) is 5.57 Å². The normalized spacial score (nSPS) is 11.9. The van der Waals surface area contributed by atoms with Crippen LogP contribution in [0.5, 0.6) is 0 Å². The number of nitrogens with zero attached hydrogens (tertiary/aromatic N) is 2. The average Bonchev–Trinajstić information content (AvgIpc) is 2.87. The first-order valence-electron chi connectivity index (χ1n) is 7.18. The molecule has 0 spiro atoms. The van der Waals surface area contributed by atoms with Gasteiger partial charge in [-0.25, -0.2) is 0 Å². The van der Waals surface area contributed by atoms with E-state index in [9.17, 15) is 5.26 Å². The summed E-state index contributed by atoms with van der Waals surface area (Å²) >= 11 is 0. The van der Waals surface area contributed by atoms with Crippen LogP contribution in [0.4, 0.5) is 5.69 Å². The van der Waals surface area contributed by atoms with E-state index in [0.717, 1.165) is 27.9 Å². The summed E-state index contributed by atoms with van der Waals surface area (Å²) in [5.74, 6) is 0. The summed E-state index contributed by atoms with van der Waals surface area (Å²) in [6.45, 7) is 1.94. The zero-order chi connectivity index (χ0) is 15.5. The van der Waals surface area contributed by atoms with E-state index in [0.29, 0.717) is 5.57 Å². The maximum Gasteiger partial charge on any atom is 0.102 e. The number of nitriles is 1. The second kappa shape index (κ2) is 5.79. The standard InChI is InChI=1S/C19H17N3/c1-14(21-15-8-4-3-5-9-15)17(12-20)18-13-22(2)19-11-7-6-10-16(18)19/h3-11,13,21H,1-2H3/b17-14+. The molecule has 0 aliphatic carbocycles. The summed E-state index contributed by atoms with van der Waals surface area (Å²) < 4.78 is 2.05. The minimum Gasteiger partial charge on any atom is -0.358 e. The minimum absolute atomic E-state index is 0.667. The van der Waals surface area contributed by atoms with Crippen LogP contribution >= 0.6 is 0 Å². The van der Waals surface area contributed by atoms with Crippen molar-refractivity contribution in [3.63, 3.8) is 0 Å². The molecule has 1 heterocycles. The van der Waals surface area contributed by atoms with Gasteiger partial charge in [0, 0.05) is 41.1 Å². The highest BCUT2D eigenvalue weighted by Crippen LogP contribution is 2.28. The molecule has 0 aliphatic heterocycles. The lowest BCUT2D eigenvalue weighted by atomic mass is 10.0. The van der Waals surface area contributed by atoms with Crippen LogP contribution < -0.4 is 5.32 Å². The third kappa shape index (κ3) is 2.47. The number of fused-ring (bicyclic) bond motifs is 1. The summed E-state index contributed by atoms with van der Waals surface area (Å²) in [4.78, 5) is 0. The Morgan fingerprint density at radius 3 is 2.45 bits per heavy atom. The Labute approximate surface area is 130 Å². The van der Waals surface area contributed by atoms with E-state index in [1.165, 1.54) is 0 Å². The largest absolute Gasteiger partial charge is 0.358 e. The zero-order valence-corrected chi connectivity index (χ0v) is 12.7. The summed E-state index contributed by atoms with van der Waals surface area (Å²) in [6, 6.07) is 20.4. The minimum atomic E-state index is 0.667. The Kier molecular flexibility index (Phi) is 3.67. The monoisotopic (exact) mass is 287 g/mol. The Hall–Kier alpha value is -2.99. The van der Waals surface area contributed by atoms with Gasteiger partial charge in [0.25, 0.3) is 0 Å².